The van der Waals surface area contributed by atoms with Gasteiger partial charge in [-0.15, -0.1) is 0 Å². The Balaban J connectivity index is 3.17. The van der Waals surface area contributed by atoms with Gasteiger partial charge in [0.15, 0.2) is 0 Å². The topological polar surface area (TPSA) is 84.6 Å². The van der Waals surface area contributed by atoms with Gasteiger partial charge in [0.05, 0.1) is 6.61 Å². The monoisotopic (exact) mass is 162 g/mol. The summed E-state index contributed by atoms with van der Waals surface area (Å²) < 4.78 is 4.73. The van der Waals surface area contributed by atoms with Crippen LogP contribution in [0.4, 0.5) is 0 Å². The Morgan fingerprint density at radius 1 is 1.82 bits per heavy atom. The Morgan fingerprint density at radius 3 is 2.91 bits per heavy atom. The number of nitrogens with two attached hydrogens (primary N) is 1. The number of hydrogen-bond acceptors (Lipinski definition) is 4. The van der Waals surface area contributed by atoms with Crippen molar-refractivity contribution in [3.63, 3.8) is 0 Å². The number of carboxylic acid groups (broad SMARTS) is 1. The lowest BCUT2D eigenvalue weighted by Gasteiger charge is -2.06. The number of carbonyl (C=O) groups is 1. The van der Waals surface area contributed by atoms with E-state index in [0.717, 1.165) is 0 Å². The molecule has 1 atom stereocenters. The summed E-state index contributed by atoms with van der Waals surface area (Å²) in [5.74, 6) is -0.991. The molecule has 0 aromatic carbocycles. The molecule has 5 heteroatoms. The molecule has 0 aromatic heterocycles. The zero-order valence-electron chi connectivity index (χ0n) is 6.54. The maximum atomic E-state index is 10.2. The van der Waals surface area contributed by atoms with Crippen LogP contribution < -0.4 is 11.1 Å². The van der Waals surface area contributed by atoms with Crippen molar-refractivity contribution in [1.29, 1.82) is 0 Å². The summed E-state index contributed by atoms with van der Waals surface area (Å²) in [6, 6.07) is -0.827. The van der Waals surface area contributed by atoms with E-state index in [1.54, 1.807) is 7.11 Å². The second-order valence-electron chi connectivity index (χ2n) is 2.14. The van der Waals surface area contributed by atoms with Crippen molar-refractivity contribution < 1.29 is 14.6 Å². The third-order valence-corrected chi connectivity index (χ3v) is 1.16. The van der Waals surface area contributed by atoms with Gasteiger partial charge < -0.3 is 20.9 Å². The second kappa shape index (κ2) is 6.09. The number of ether oxygens (including phenoxy) is 1. The third-order valence-electron chi connectivity index (χ3n) is 1.16. The van der Waals surface area contributed by atoms with Crippen LogP contribution in [-0.2, 0) is 9.53 Å². The van der Waals surface area contributed by atoms with Crippen molar-refractivity contribution in [3.8, 4) is 0 Å². The van der Waals surface area contributed by atoms with Crippen molar-refractivity contribution in [1.82, 2.24) is 5.32 Å². The normalized spacial score (nSPS) is 12.9. The first kappa shape index (κ1) is 10.3. The SMILES string of the molecule is COCCNCC(N)C(=O)O. The summed E-state index contributed by atoms with van der Waals surface area (Å²) in [6.45, 7) is 1.46. The van der Waals surface area contributed by atoms with Gasteiger partial charge in [0.1, 0.15) is 6.04 Å². The van der Waals surface area contributed by atoms with Gasteiger partial charge in [-0.3, -0.25) is 4.79 Å². The summed E-state index contributed by atoms with van der Waals surface area (Å²) >= 11 is 0. The number of aliphatic carboxylic acids is 1. The van der Waals surface area contributed by atoms with Gasteiger partial charge in [0, 0.05) is 20.2 Å². The minimum absolute atomic E-state index is 0.276. The van der Waals surface area contributed by atoms with Crippen molar-refractivity contribution in [3.05, 3.63) is 0 Å². The Kier molecular flexibility index (Phi) is 5.73. The molecule has 0 rings (SSSR count). The molecular weight excluding hydrogens is 148 g/mol. The molecule has 5 nitrogen and oxygen atoms in total. The van der Waals surface area contributed by atoms with E-state index in [9.17, 15) is 4.79 Å². The Bertz CT molecular complexity index is 118. The summed E-state index contributed by atoms with van der Waals surface area (Å²) in [7, 11) is 1.58. The highest BCUT2D eigenvalue weighted by Crippen LogP contribution is 1.74. The van der Waals surface area contributed by atoms with Crippen molar-refractivity contribution in [2.24, 2.45) is 5.73 Å². The molecule has 0 radical (unpaired) electrons. The van der Waals surface area contributed by atoms with Gasteiger partial charge in [-0.05, 0) is 0 Å². The lowest BCUT2D eigenvalue weighted by Crippen LogP contribution is -2.41. The molecule has 0 aromatic rings. The van der Waals surface area contributed by atoms with Gasteiger partial charge >= 0.3 is 5.97 Å². The highest BCUT2D eigenvalue weighted by atomic mass is 16.5. The lowest BCUT2D eigenvalue weighted by molar-refractivity contribution is -0.138. The number of carboxylic acids is 1. The Morgan fingerprint density at radius 2 is 2.45 bits per heavy atom. The molecule has 0 aliphatic rings. The molecule has 0 fully saturated rings. The Labute approximate surface area is 65.5 Å². The number of hydrogen-bond donors (Lipinski definition) is 3. The van der Waals surface area contributed by atoms with Crippen molar-refractivity contribution in [2.75, 3.05) is 26.8 Å². The molecule has 0 amide bonds. The average Bonchev–Trinajstić information content (AvgIpc) is 1.97. The summed E-state index contributed by atoms with van der Waals surface area (Å²) in [4.78, 5) is 10.2. The average molecular weight is 162 g/mol. The van der Waals surface area contributed by atoms with Gasteiger partial charge in [-0.2, -0.15) is 0 Å². The van der Waals surface area contributed by atoms with Crippen molar-refractivity contribution >= 4 is 5.97 Å². The number of rotatable bonds is 6. The minimum atomic E-state index is -0.991. The van der Waals surface area contributed by atoms with Crippen LogP contribution in [0.1, 0.15) is 0 Å². The second-order valence-corrected chi connectivity index (χ2v) is 2.14. The molecule has 1 unspecified atom stereocenters. The van der Waals surface area contributed by atoms with Gasteiger partial charge in [-0.25, -0.2) is 0 Å². The van der Waals surface area contributed by atoms with E-state index in [1.165, 1.54) is 0 Å². The Hall–Kier alpha value is -0.650. The maximum Gasteiger partial charge on any atom is 0.321 e. The predicted octanol–water partition coefficient (Wildman–Crippen LogP) is -1.37. The zero-order valence-corrected chi connectivity index (χ0v) is 6.54. The van der Waals surface area contributed by atoms with E-state index in [1.807, 2.05) is 0 Å². The quantitative estimate of drug-likeness (QED) is 0.420. The first-order chi connectivity index (χ1) is 5.18. The highest BCUT2D eigenvalue weighted by Gasteiger charge is 2.09. The molecule has 0 saturated heterocycles. The molecule has 66 valence electrons. The van der Waals surface area contributed by atoms with E-state index >= 15 is 0 Å². The van der Waals surface area contributed by atoms with E-state index in [-0.39, 0.29) is 6.54 Å². The van der Waals surface area contributed by atoms with Crippen molar-refractivity contribution in [2.45, 2.75) is 6.04 Å². The van der Waals surface area contributed by atoms with Crippen LogP contribution in [-0.4, -0.2) is 43.9 Å². The first-order valence-corrected chi connectivity index (χ1v) is 3.36. The van der Waals surface area contributed by atoms with E-state index in [4.69, 9.17) is 15.6 Å². The number of methoxy groups -OCH3 is 1. The van der Waals surface area contributed by atoms with E-state index in [0.29, 0.717) is 13.2 Å². The first-order valence-electron chi connectivity index (χ1n) is 3.36. The molecule has 0 aliphatic heterocycles. The fourth-order valence-electron chi connectivity index (χ4n) is 0.519. The fourth-order valence-corrected chi connectivity index (χ4v) is 0.519. The smallest absolute Gasteiger partial charge is 0.321 e. The summed E-state index contributed by atoms with van der Waals surface area (Å²) in [5.41, 5.74) is 5.20. The molecule has 4 N–H and O–H groups in total. The van der Waals surface area contributed by atoms with Crippen LogP contribution in [0.2, 0.25) is 0 Å². The predicted molar refractivity (Wildman–Crippen MR) is 40.4 cm³/mol. The van der Waals surface area contributed by atoms with Gasteiger partial charge in [0.25, 0.3) is 0 Å². The van der Waals surface area contributed by atoms with Gasteiger partial charge in [0.2, 0.25) is 0 Å². The molecule has 0 aliphatic carbocycles. The molecule has 0 heterocycles. The van der Waals surface area contributed by atoms with Crippen LogP contribution in [0.3, 0.4) is 0 Å². The largest absolute Gasteiger partial charge is 0.480 e. The summed E-state index contributed by atoms with van der Waals surface area (Å²) in [5, 5.41) is 11.2. The van der Waals surface area contributed by atoms with Crippen LogP contribution in [0.15, 0.2) is 0 Å². The fraction of sp³-hybridized carbons (Fsp3) is 0.833. The minimum Gasteiger partial charge on any atom is -0.480 e. The van der Waals surface area contributed by atoms with E-state index < -0.39 is 12.0 Å². The maximum absolute atomic E-state index is 10.2. The molecule has 0 spiro atoms. The number of nitrogens with one attached hydrogen (secondary N) is 1. The molecule has 0 bridgehead atoms. The summed E-state index contributed by atoms with van der Waals surface area (Å²) in [6.07, 6.45) is 0. The highest BCUT2D eigenvalue weighted by molar-refractivity contribution is 5.73. The standard InChI is InChI=1S/C6H14N2O3/c1-11-3-2-8-4-5(7)6(9)10/h5,8H,2-4,7H2,1H3,(H,9,10). The molecule has 0 saturated carbocycles. The molecule has 11 heavy (non-hydrogen) atoms. The molecular formula is C6H14N2O3. The van der Waals surface area contributed by atoms with Crippen LogP contribution in [0.25, 0.3) is 0 Å². The van der Waals surface area contributed by atoms with Gasteiger partial charge in [-0.1, -0.05) is 0 Å². The third kappa shape index (κ3) is 5.78. The zero-order chi connectivity index (χ0) is 8.69. The lowest BCUT2D eigenvalue weighted by atomic mass is 10.3. The van der Waals surface area contributed by atoms with E-state index in [2.05, 4.69) is 5.32 Å². The van der Waals surface area contributed by atoms with Crippen LogP contribution in [0.5, 0.6) is 0 Å². The van der Waals surface area contributed by atoms with Crippen LogP contribution in [0, 0.1) is 0 Å². The van der Waals surface area contributed by atoms with Crippen LogP contribution >= 0.6 is 0 Å².